The van der Waals surface area contributed by atoms with Gasteiger partial charge in [0, 0.05) is 21.4 Å². The van der Waals surface area contributed by atoms with E-state index in [1.807, 2.05) is 4.98 Å². The van der Waals surface area contributed by atoms with E-state index in [1.54, 1.807) is 0 Å². The molecule has 2 rings (SSSR count). The van der Waals surface area contributed by atoms with Gasteiger partial charge in [-0.05, 0) is 23.0 Å². The van der Waals surface area contributed by atoms with Gasteiger partial charge in [0.05, 0.1) is 6.61 Å². The lowest BCUT2D eigenvalue weighted by Gasteiger charge is -2.24. The number of aliphatic hydroxyl groups excluding tert-OH is 1. The molecule has 0 saturated carbocycles. The molecule has 0 amide bonds. The summed E-state index contributed by atoms with van der Waals surface area (Å²) in [5, 5.41) is 10.1. The number of nitrogens with zero attached hydrogens (tertiary/aromatic N) is 1. The lowest BCUT2D eigenvalue weighted by atomic mass is 9.98. The van der Waals surface area contributed by atoms with Crippen LogP contribution < -0.4 is 11.2 Å². The third kappa shape index (κ3) is 5.62. The summed E-state index contributed by atoms with van der Waals surface area (Å²) in [5.41, 5.74) is -4.23. The molecule has 2 heterocycles. The summed E-state index contributed by atoms with van der Waals surface area (Å²) in [6.45, 7) is -4.09. The van der Waals surface area contributed by atoms with Gasteiger partial charge in [0.2, 0.25) is 0 Å². The molecule has 0 aromatic carbocycles. The van der Waals surface area contributed by atoms with Gasteiger partial charge in [-0.1, -0.05) is 0 Å². The Morgan fingerprint density at radius 2 is 2.14 bits per heavy atom. The molecular formula is C10H14FN2O11P3S+2. The predicted molar refractivity (Wildman–Crippen MR) is 92.8 cm³/mol. The predicted octanol–water partition coefficient (Wildman–Crippen LogP) is 0.0968. The molecule has 156 valence electrons. The minimum absolute atomic E-state index is 0.707. The summed E-state index contributed by atoms with van der Waals surface area (Å²) in [5.74, 6) is 0. The van der Waals surface area contributed by atoms with Crippen molar-refractivity contribution in [1.82, 2.24) is 9.55 Å². The van der Waals surface area contributed by atoms with Crippen LogP contribution in [0.15, 0.2) is 21.9 Å². The first-order valence-electron chi connectivity index (χ1n) is 7.16. The summed E-state index contributed by atoms with van der Waals surface area (Å²) in [6, 6.07) is 0.945. The molecule has 0 radical (unpaired) electrons. The molecule has 13 nitrogen and oxygen atoms in total. The number of hydrogen-bond donors (Lipinski definition) is 4. The zero-order valence-electron chi connectivity index (χ0n) is 13.8. The molecule has 1 aliphatic rings. The largest absolute Gasteiger partial charge is 0.756 e. The number of hydrogen-bond acceptors (Lipinski definition) is 10. The van der Waals surface area contributed by atoms with Crippen LogP contribution in [0.2, 0.25) is 0 Å². The molecule has 0 spiro atoms. The quantitative estimate of drug-likeness (QED) is 0.367. The van der Waals surface area contributed by atoms with Gasteiger partial charge in [0.1, 0.15) is 12.2 Å². The average Bonchev–Trinajstić information content (AvgIpc) is 2.75. The molecule has 0 bridgehead atoms. The second-order valence-electron chi connectivity index (χ2n) is 5.53. The molecule has 4 N–H and O–H groups in total. The number of H-pyrrole nitrogens is 1. The highest BCUT2D eigenvalue weighted by atomic mass is 32.5. The topological polar surface area (TPSA) is 187 Å². The van der Waals surface area contributed by atoms with Gasteiger partial charge < -0.3 is 19.3 Å². The van der Waals surface area contributed by atoms with E-state index in [0.29, 0.717) is 4.57 Å². The molecule has 28 heavy (non-hydrogen) atoms. The molecule has 1 aromatic heterocycles. The summed E-state index contributed by atoms with van der Waals surface area (Å²) >= 11 is 4.52. The van der Waals surface area contributed by atoms with Crippen LogP contribution in [-0.4, -0.2) is 48.9 Å². The van der Waals surface area contributed by atoms with E-state index in [-0.39, 0.29) is 0 Å². The van der Waals surface area contributed by atoms with Crippen LogP contribution in [0.1, 0.15) is 13.2 Å². The molecule has 1 fully saturated rings. The number of halogens is 1. The van der Waals surface area contributed by atoms with Crippen molar-refractivity contribution in [2.24, 2.45) is 0 Å². The molecule has 0 aliphatic carbocycles. The maximum absolute atomic E-state index is 14.9. The van der Waals surface area contributed by atoms with Gasteiger partial charge >= 0.3 is 28.9 Å². The van der Waals surface area contributed by atoms with Crippen molar-refractivity contribution in [3.05, 3.63) is 33.1 Å². The van der Waals surface area contributed by atoms with Crippen molar-refractivity contribution < 1.29 is 46.3 Å². The van der Waals surface area contributed by atoms with Crippen LogP contribution in [0.25, 0.3) is 0 Å². The van der Waals surface area contributed by atoms with Gasteiger partial charge in [-0.15, -0.1) is 4.89 Å². The Hall–Kier alpha value is -0.820. The Morgan fingerprint density at radius 3 is 2.71 bits per heavy atom. The third-order valence-corrected chi connectivity index (χ3v) is 7.37. The summed E-state index contributed by atoms with van der Waals surface area (Å²) < 4.78 is 55.5. The monoisotopic (exact) mass is 482 g/mol. The lowest BCUT2D eigenvalue weighted by Crippen LogP contribution is -2.43. The SMILES string of the molecule is C[C@@]1(F)[C@H](O)[C@@H](COP(O)(=S)O[P+](=O)O[P+](=O)O)O[C@H]1n1ccc(=O)[nH]c1=O. The number of rotatable bonds is 8. The van der Waals surface area contributed by atoms with E-state index in [0.717, 1.165) is 19.2 Å². The third-order valence-electron chi connectivity index (χ3n) is 3.53. The van der Waals surface area contributed by atoms with E-state index < -0.39 is 65.2 Å². The minimum atomic E-state index is -4.28. The van der Waals surface area contributed by atoms with Gasteiger partial charge in [-0.25, -0.2) is 9.18 Å². The number of alkyl halides is 1. The van der Waals surface area contributed by atoms with Crippen LogP contribution in [0, 0.1) is 0 Å². The maximum Gasteiger partial charge on any atom is 0.756 e. The first-order chi connectivity index (χ1) is 12.8. The van der Waals surface area contributed by atoms with Gasteiger partial charge in [0.25, 0.3) is 5.56 Å². The van der Waals surface area contributed by atoms with Crippen LogP contribution >= 0.6 is 23.2 Å². The number of aliphatic hydroxyl groups is 1. The Labute approximate surface area is 162 Å². The standard InChI is InChI=1S/C10H12FN2O11P3S/c1-10(11)7(15)5(4-21-27(20,28)24-26(19)23-25(17)18)22-8(10)13-3-2-6(14)12-9(13)16/h2-3,5,7-8,15H,4H2,1H3,(H-2,12,14,16,17,18,20,28)/p+2/t5-,7-,8-,10-,27?/m1/s1. The minimum Gasteiger partial charge on any atom is -0.387 e. The second kappa shape index (κ2) is 8.90. The summed E-state index contributed by atoms with van der Waals surface area (Å²) in [4.78, 5) is 43.0. The fraction of sp³-hybridized carbons (Fsp3) is 0.600. The molecule has 1 aromatic rings. The normalized spacial score (nSPS) is 30.7. The van der Waals surface area contributed by atoms with Crippen LogP contribution in [0.4, 0.5) is 4.39 Å². The maximum atomic E-state index is 14.9. The zero-order chi connectivity index (χ0) is 21.3. The Balaban J connectivity index is 2.10. The van der Waals surface area contributed by atoms with Crippen molar-refractivity contribution in [1.29, 1.82) is 0 Å². The van der Waals surface area contributed by atoms with E-state index in [1.165, 1.54) is 0 Å². The zero-order valence-corrected chi connectivity index (χ0v) is 17.3. The summed E-state index contributed by atoms with van der Waals surface area (Å²) in [6.07, 6.45) is -4.00. The molecule has 18 heteroatoms. The summed E-state index contributed by atoms with van der Waals surface area (Å²) in [7, 11) is -6.58. The van der Waals surface area contributed by atoms with Crippen molar-refractivity contribution >= 4 is 35.0 Å². The number of aromatic nitrogens is 2. The van der Waals surface area contributed by atoms with Crippen LogP contribution in [-0.2, 0) is 38.8 Å². The highest BCUT2D eigenvalue weighted by molar-refractivity contribution is 8.08. The first kappa shape index (κ1) is 23.5. The van der Waals surface area contributed by atoms with Crippen molar-refractivity contribution in [2.45, 2.75) is 31.0 Å². The van der Waals surface area contributed by atoms with Crippen LogP contribution in [0.3, 0.4) is 0 Å². The number of nitrogens with one attached hydrogen (secondary N) is 1. The Morgan fingerprint density at radius 1 is 1.50 bits per heavy atom. The average molecular weight is 482 g/mol. The van der Waals surface area contributed by atoms with E-state index >= 15 is 0 Å². The van der Waals surface area contributed by atoms with Crippen molar-refractivity contribution in [3.63, 3.8) is 0 Å². The Bertz CT molecular complexity index is 936. The number of aromatic amines is 1. The molecule has 1 aliphatic heterocycles. The molecule has 7 atom stereocenters. The van der Waals surface area contributed by atoms with Crippen molar-refractivity contribution in [2.75, 3.05) is 6.61 Å². The van der Waals surface area contributed by atoms with E-state index in [4.69, 9.17) is 14.2 Å². The van der Waals surface area contributed by atoms with Gasteiger partial charge in [-0.2, -0.15) is 0 Å². The number of ether oxygens (including phenoxy) is 1. The fourth-order valence-corrected chi connectivity index (χ4v) is 5.02. The lowest BCUT2D eigenvalue weighted by molar-refractivity contribution is -0.0592. The Kier molecular flexibility index (Phi) is 7.46. The second-order valence-corrected chi connectivity index (χ2v) is 10.3. The highest BCUT2D eigenvalue weighted by Gasteiger charge is 2.56. The fourth-order valence-electron chi connectivity index (χ4n) is 2.31. The molecule has 3 unspecified atom stereocenters. The smallest absolute Gasteiger partial charge is 0.387 e. The van der Waals surface area contributed by atoms with E-state index in [2.05, 4.69) is 20.4 Å². The molecular weight excluding hydrogens is 468 g/mol. The van der Waals surface area contributed by atoms with Gasteiger partial charge in [-0.3, -0.25) is 14.3 Å². The van der Waals surface area contributed by atoms with Crippen LogP contribution in [0.5, 0.6) is 0 Å². The highest BCUT2D eigenvalue weighted by Crippen LogP contribution is 2.55. The van der Waals surface area contributed by atoms with E-state index in [9.17, 15) is 33.1 Å². The first-order valence-corrected chi connectivity index (χ1v) is 12.0. The van der Waals surface area contributed by atoms with Gasteiger partial charge in [0.15, 0.2) is 16.2 Å². The molecule has 1 saturated heterocycles. The van der Waals surface area contributed by atoms with Crippen molar-refractivity contribution in [3.8, 4) is 0 Å².